The largest absolute Gasteiger partial charge is 0.351 e. The number of amides is 1. The molecule has 0 aliphatic rings. The molecule has 2 heterocycles. The van der Waals surface area contributed by atoms with Gasteiger partial charge in [0.1, 0.15) is 0 Å². The number of thioether (sulfide) groups is 1. The highest BCUT2D eigenvalue weighted by Gasteiger charge is 2.15. The minimum Gasteiger partial charge on any atom is -0.351 e. The van der Waals surface area contributed by atoms with Gasteiger partial charge in [0, 0.05) is 30.2 Å². The van der Waals surface area contributed by atoms with Gasteiger partial charge in [0.05, 0.1) is 5.25 Å². The molecule has 2 aromatic heterocycles. The maximum Gasteiger partial charge on any atom is 0.251 e. The van der Waals surface area contributed by atoms with Crippen molar-refractivity contribution in [3.05, 3.63) is 51.7 Å². The second-order valence-electron chi connectivity index (χ2n) is 4.98. The highest BCUT2D eigenvalue weighted by Crippen LogP contribution is 2.18. The number of aromatic nitrogens is 3. The number of carbonyl (C=O) groups excluding carboxylic acids is 1. The van der Waals surface area contributed by atoms with Crippen molar-refractivity contribution in [2.75, 3.05) is 0 Å². The Labute approximate surface area is 132 Å². The molecule has 0 saturated carbocycles. The highest BCUT2D eigenvalue weighted by atomic mass is 32.2. The standard InChI is InChI=1S/C15H18N4O2S/c1-9-6-12(4-5-16-9)8-17-14(21)11(3)22-15-18-10(2)7-13(20)19-15/h4-7,11H,8H2,1-3H3,(H,17,21)(H,18,19,20)/t11-/m0/s1. The lowest BCUT2D eigenvalue weighted by atomic mass is 10.2. The molecule has 2 aromatic rings. The number of pyridine rings is 1. The summed E-state index contributed by atoms with van der Waals surface area (Å²) in [6.45, 7) is 5.88. The van der Waals surface area contributed by atoms with Gasteiger partial charge in [0.25, 0.3) is 5.56 Å². The lowest BCUT2D eigenvalue weighted by Gasteiger charge is -2.11. The van der Waals surface area contributed by atoms with Gasteiger partial charge in [-0.05, 0) is 38.5 Å². The third-order valence-electron chi connectivity index (χ3n) is 2.93. The van der Waals surface area contributed by atoms with Gasteiger partial charge in [0.15, 0.2) is 5.16 Å². The van der Waals surface area contributed by atoms with Crippen molar-refractivity contribution in [2.24, 2.45) is 0 Å². The Morgan fingerprint density at radius 1 is 1.36 bits per heavy atom. The van der Waals surface area contributed by atoms with Crippen LogP contribution in [0.3, 0.4) is 0 Å². The van der Waals surface area contributed by atoms with Crippen LogP contribution >= 0.6 is 11.8 Å². The van der Waals surface area contributed by atoms with Crippen LogP contribution in [0.5, 0.6) is 0 Å². The molecule has 0 aliphatic carbocycles. The lowest BCUT2D eigenvalue weighted by Crippen LogP contribution is -2.30. The molecule has 0 fully saturated rings. The molecule has 7 heteroatoms. The average Bonchev–Trinajstić information content (AvgIpc) is 2.43. The summed E-state index contributed by atoms with van der Waals surface area (Å²) in [5, 5.41) is 2.97. The van der Waals surface area contributed by atoms with Gasteiger partial charge >= 0.3 is 0 Å². The van der Waals surface area contributed by atoms with Crippen LogP contribution in [0.25, 0.3) is 0 Å². The monoisotopic (exact) mass is 318 g/mol. The van der Waals surface area contributed by atoms with E-state index in [0.717, 1.165) is 11.3 Å². The number of H-pyrrole nitrogens is 1. The van der Waals surface area contributed by atoms with E-state index in [9.17, 15) is 9.59 Å². The smallest absolute Gasteiger partial charge is 0.251 e. The summed E-state index contributed by atoms with van der Waals surface area (Å²) in [5.74, 6) is -0.108. The topological polar surface area (TPSA) is 87.7 Å². The van der Waals surface area contributed by atoms with Crippen LogP contribution in [0.15, 0.2) is 34.3 Å². The van der Waals surface area contributed by atoms with Crippen molar-refractivity contribution in [1.82, 2.24) is 20.3 Å². The van der Waals surface area contributed by atoms with Gasteiger partial charge in [-0.25, -0.2) is 4.98 Å². The Morgan fingerprint density at radius 3 is 2.82 bits per heavy atom. The Hall–Kier alpha value is -2.15. The summed E-state index contributed by atoms with van der Waals surface area (Å²) < 4.78 is 0. The Balaban J connectivity index is 1.93. The number of carbonyl (C=O) groups is 1. The van der Waals surface area contributed by atoms with Gasteiger partial charge in [-0.1, -0.05) is 11.8 Å². The van der Waals surface area contributed by atoms with Crippen molar-refractivity contribution in [3.63, 3.8) is 0 Å². The maximum atomic E-state index is 12.1. The zero-order chi connectivity index (χ0) is 16.1. The van der Waals surface area contributed by atoms with Crippen LogP contribution in [-0.4, -0.2) is 26.1 Å². The predicted molar refractivity (Wildman–Crippen MR) is 85.7 cm³/mol. The third-order valence-corrected chi connectivity index (χ3v) is 3.92. The second kappa shape index (κ2) is 7.22. The van der Waals surface area contributed by atoms with E-state index < -0.39 is 0 Å². The molecule has 0 radical (unpaired) electrons. The van der Waals surface area contributed by atoms with Crippen molar-refractivity contribution in [2.45, 2.75) is 37.7 Å². The summed E-state index contributed by atoms with van der Waals surface area (Å²) in [4.78, 5) is 34.4. The van der Waals surface area contributed by atoms with Crippen LogP contribution in [0.4, 0.5) is 0 Å². The van der Waals surface area contributed by atoms with E-state index in [0.29, 0.717) is 17.4 Å². The highest BCUT2D eigenvalue weighted by molar-refractivity contribution is 8.00. The minimum atomic E-state index is -0.354. The maximum absolute atomic E-state index is 12.1. The van der Waals surface area contributed by atoms with E-state index >= 15 is 0 Å². The molecule has 2 rings (SSSR count). The molecular formula is C15H18N4O2S. The number of aromatic amines is 1. The van der Waals surface area contributed by atoms with Gasteiger partial charge in [-0.2, -0.15) is 0 Å². The Kier molecular flexibility index (Phi) is 5.32. The summed E-state index contributed by atoms with van der Waals surface area (Å²) in [6.07, 6.45) is 1.72. The number of nitrogens with zero attached hydrogens (tertiary/aromatic N) is 2. The molecule has 0 spiro atoms. The van der Waals surface area contributed by atoms with Gasteiger partial charge in [-0.3, -0.25) is 14.6 Å². The van der Waals surface area contributed by atoms with Crippen molar-refractivity contribution >= 4 is 17.7 Å². The molecule has 0 unspecified atom stereocenters. The zero-order valence-corrected chi connectivity index (χ0v) is 13.5. The lowest BCUT2D eigenvalue weighted by molar-refractivity contribution is -0.120. The normalized spacial score (nSPS) is 12.0. The molecule has 1 amide bonds. The molecule has 2 N–H and O–H groups in total. The summed E-state index contributed by atoms with van der Waals surface area (Å²) in [5.41, 5.74) is 2.33. The van der Waals surface area contributed by atoms with Crippen molar-refractivity contribution < 1.29 is 4.79 Å². The summed E-state index contributed by atoms with van der Waals surface area (Å²) in [7, 11) is 0. The first kappa shape index (κ1) is 16.2. The van der Waals surface area contributed by atoms with Gasteiger partial charge < -0.3 is 10.3 Å². The van der Waals surface area contributed by atoms with Gasteiger partial charge in [0.2, 0.25) is 5.91 Å². The van der Waals surface area contributed by atoms with Crippen LogP contribution < -0.4 is 10.9 Å². The number of rotatable bonds is 5. The summed E-state index contributed by atoms with van der Waals surface area (Å²) in [6, 6.07) is 5.21. The molecule has 0 bridgehead atoms. The quantitative estimate of drug-likeness (QED) is 0.645. The second-order valence-corrected chi connectivity index (χ2v) is 6.30. The predicted octanol–water partition coefficient (Wildman–Crippen LogP) is 1.58. The molecule has 0 aliphatic heterocycles. The van der Waals surface area contributed by atoms with E-state index in [1.165, 1.54) is 17.8 Å². The van der Waals surface area contributed by atoms with E-state index in [-0.39, 0.29) is 16.7 Å². The molecular weight excluding hydrogens is 300 g/mol. The van der Waals surface area contributed by atoms with E-state index in [1.54, 1.807) is 20.0 Å². The molecule has 22 heavy (non-hydrogen) atoms. The molecule has 116 valence electrons. The number of nitrogens with one attached hydrogen (secondary N) is 2. The zero-order valence-electron chi connectivity index (χ0n) is 12.7. The van der Waals surface area contributed by atoms with Crippen LogP contribution in [-0.2, 0) is 11.3 Å². The first-order valence-electron chi connectivity index (χ1n) is 6.88. The van der Waals surface area contributed by atoms with E-state index in [4.69, 9.17) is 0 Å². The fraction of sp³-hybridized carbons (Fsp3) is 0.333. The van der Waals surface area contributed by atoms with E-state index in [2.05, 4.69) is 20.3 Å². The Morgan fingerprint density at radius 2 is 2.14 bits per heavy atom. The fourth-order valence-corrected chi connectivity index (χ4v) is 2.76. The van der Waals surface area contributed by atoms with E-state index in [1.807, 2.05) is 19.1 Å². The average molecular weight is 318 g/mol. The van der Waals surface area contributed by atoms with Gasteiger partial charge in [-0.15, -0.1) is 0 Å². The molecule has 1 atom stereocenters. The third kappa shape index (κ3) is 4.70. The Bertz CT molecular complexity index is 729. The first-order valence-corrected chi connectivity index (χ1v) is 7.76. The van der Waals surface area contributed by atoms with Crippen LogP contribution in [0.2, 0.25) is 0 Å². The number of hydrogen-bond donors (Lipinski definition) is 2. The number of aryl methyl sites for hydroxylation is 2. The SMILES string of the molecule is Cc1cc(CNC(=O)[C@H](C)Sc2nc(C)cc(=O)[nH]2)ccn1. The molecule has 0 saturated heterocycles. The van der Waals surface area contributed by atoms with Crippen LogP contribution in [0, 0.1) is 13.8 Å². The van der Waals surface area contributed by atoms with Crippen molar-refractivity contribution in [3.8, 4) is 0 Å². The first-order chi connectivity index (χ1) is 10.4. The summed E-state index contributed by atoms with van der Waals surface area (Å²) >= 11 is 1.23. The fourth-order valence-electron chi connectivity index (χ4n) is 1.88. The molecule has 0 aromatic carbocycles. The molecule has 6 nitrogen and oxygen atoms in total. The van der Waals surface area contributed by atoms with Crippen molar-refractivity contribution in [1.29, 1.82) is 0 Å². The number of hydrogen-bond acceptors (Lipinski definition) is 5. The van der Waals surface area contributed by atoms with Crippen LogP contribution in [0.1, 0.15) is 23.9 Å². The minimum absolute atomic E-state index is 0.108.